The van der Waals surface area contributed by atoms with Crippen molar-refractivity contribution >= 4 is 27.8 Å². The Balaban J connectivity index is 1.95. The molecular formula is C15H10ClFN2O2. The summed E-state index contributed by atoms with van der Waals surface area (Å²) in [5, 5.41) is -0.0940. The number of fused-ring (bicyclic) bond motifs is 1. The normalized spacial score (nSPS) is 14.8. The van der Waals surface area contributed by atoms with Crippen molar-refractivity contribution in [3.63, 3.8) is 0 Å². The molecule has 2 aromatic heterocycles. The third-order valence-electron chi connectivity index (χ3n) is 3.66. The first kappa shape index (κ1) is 12.6. The largest absolute Gasteiger partial charge is 0.449 e. The Kier molecular flexibility index (Phi) is 2.65. The number of benzene rings is 1. The van der Waals surface area contributed by atoms with Gasteiger partial charge in [0.1, 0.15) is 17.1 Å². The summed E-state index contributed by atoms with van der Waals surface area (Å²) < 4.78 is 20.4. The predicted octanol–water partition coefficient (Wildman–Crippen LogP) is 4.01. The van der Waals surface area contributed by atoms with Gasteiger partial charge in [0.2, 0.25) is 5.76 Å². The van der Waals surface area contributed by atoms with E-state index in [0.29, 0.717) is 17.0 Å². The first-order chi connectivity index (χ1) is 10.1. The maximum absolute atomic E-state index is 13.3. The minimum Gasteiger partial charge on any atom is -0.449 e. The molecule has 1 aromatic carbocycles. The molecule has 2 heterocycles. The van der Waals surface area contributed by atoms with Crippen LogP contribution in [-0.2, 0) is 0 Å². The van der Waals surface area contributed by atoms with Gasteiger partial charge in [0, 0.05) is 23.6 Å². The Hall–Kier alpha value is -2.14. The molecular weight excluding hydrogens is 295 g/mol. The van der Waals surface area contributed by atoms with Gasteiger partial charge in [-0.25, -0.2) is 9.37 Å². The maximum atomic E-state index is 13.3. The van der Waals surface area contributed by atoms with Gasteiger partial charge < -0.3 is 8.98 Å². The highest BCUT2D eigenvalue weighted by Crippen LogP contribution is 2.40. The number of carbonyl (C=O) groups excluding carboxylic acids is 1. The van der Waals surface area contributed by atoms with E-state index in [1.165, 1.54) is 12.1 Å². The number of hydrogen-bond acceptors (Lipinski definition) is 3. The second-order valence-electron chi connectivity index (χ2n) is 5.17. The molecule has 4 nitrogen and oxygen atoms in total. The van der Waals surface area contributed by atoms with Crippen molar-refractivity contribution in [2.24, 2.45) is 0 Å². The fourth-order valence-corrected chi connectivity index (χ4v) is 2.62. The van der Waals surface area contributed by atoms with Crippen LogP contribution in [-0.4, -0.2) is 14.8 Å². The van der Waals surface area contributed by atoms with Gasteiger partial charge in [-0.3, -0.25) is 4.79 Å². The molecule has 3 aromatic rings. The zero-order valence-electron chi connectivity index (χ0n) is 10.8. The van der Waals surface area contributed by atoms with Crippen LogP contribution in [0.15, 0.2) is 35.1 Å². The van der Waals surface area contributed by atoms with E-state index in [1.54, 1.807) is 17.0 Å². The van der Waals surface area contributed by atoms with Crippen molar-refractivity contribution in [3.05, 3.63) is 48.0 Å². The maximum Gasteiger partial charge on any atom is 0.290 e. The van der Waals surface area contributed by atoms with Crippen LogP contribution in [0.2, 0.25) is 0 Å². The summed E-state index contributed by atoms with van der Waals surface area (Å²) in [5.41, 5.74) is 1.78. The molecule has 1 fully saturated rings. The van der Waals surface area contributed by atoms with E-state index >= 15 is 0 Å². The highest BCUT2D eigenvalue weighted by molar-refractivity contribution is 6.67. The second-order valence-corrected chi connectivity index (χ2v) is 5.52. The lowest BCUT2D eigenvalue weighted by Gasteiger charge is -2.00. The molecule has 0 bridgehead atoms. The molecule has 0 amide bonds. The molecule has 0 saturated heterocycles. The summed E-state index contributed by atoms with van der Waals surface area (Å²) in [7, 11) is 0. The summed E-state index contributed by atoms with van der Waals surface area (Å²) in [4.78, 5) is 15.9. The summed E-state index contributed by atoms with van der Waals surface area (Å²) >= 11 is 5.59. The zero-order chi connectivity index (χ0) is 14.6. The Morgan fingerprint density at radius 3 is 2.95 bits per heavy atom. The van der Waals surface area contributed by atoms with Gasteiger partial charge in [-0.2, -0.15) is 0 Å². The summed E-state index contributed by atoms with van der Waals surface area (Å²) in [6, 6.07) is 4.13. The number of furan rings is 1. The van der Waals surface area contributed by atoms with Gasteiger partial charge >= 0.3 is 0 Å². The Morgan fingerprint density at radius 1 is 1.43 bits per heavy atom. The summed E-state index contributed by atoms with van der Waals surface area (Å²) in [6.07, 6.45) is 5.77. The Morgan fingerprint density at radius 2 is 2.24 bits per heavy atom. The molecule has 6 heteroatoms. The van der Waals surface area contributed by atoms with Crippen LogP contribution in [0.3, 0.4) is 0 Å². The van der Waals surface area contributed by atoms with Crippen molar-refractivity contribution < 1.29 is 13.6 Å². The average molecular weight is 305 g/mol. The third-order valence-corrected chi connectivity index (χ3v) is 3.83. The van der Waals surface area contributed by atoms with Crippen molar-refractivity contribution in [2.75, 3.05) is 0 Å². The molecule has 4 rings (SSSR count). The van der Waals surface area contributed by atoms with Gasteiger partial charge in [-0.1, -0.05) is 0 Å². The smallest absolute Gasteiger partial charge is 0.290 e. The molecule has 21 heavy (non-hydrogen) atoms. The lowest BCUT2D eigenvalue weighted by molar-refractivity contribution is 0.105. The first-order valence-corrected chi connectivity index (χ1v) is 6.97. The van der Waals surface area contributed by atoms with Gasteiger partial charge in [0.05, 0.1) is 12.0 Å². The zero-order valence-corrected chi connectivity index (χ0v) is 11.6. The SMILES string of the molecule is O=C(Cl)c1oc2cc(F)ccc2c1-n1cnc(C2CC2)c1. The topological polar surface area (TPSA) is 48.0 Å². The second kappa shape index (κ2) is 4.43. The van der Waals surface area contributed by atoms with Crippen molar-refractivity contribution in [1.82, 2.24) is 9.55 Å². The van der Waals surface area contributed by atoms with Crippen molar-refractivity contribution in [1.29, 1.82) is 0 Å². The number of halogens is 2. The van der Waals surface area contributed by atoms with Gasteiger partial charge in [0.25, 0.3) is 5.24 Å². The van der Waals surface area contributed by atoms with E-state index in [0.717, 1.165) is 18.5 Å². The molecule has 0 N–H and O–H groups in total. The number of imidazole rings is 1. The molecule has 0 aliphatic heterocycles. The van der Waals surface area contributed by atoms with Crippen LogP contribution in [0.4, 0.5) is 4.39 Å². The van der Waals surface area contributed by atoms with E-state index in [1.807, 2.05) is 6.20 Å². The van der Waals surface area contributed by atoms with E-state index in [4.69, 9.17) is 16.0 Å². The Bertz CT molecular complexity index is 864. The standard InChI is InChI=1S/C15H10ClFN2O2/c16-15(20)14-13(10-4-3-9(17)5-12(10)21-14)19-6-11(18-7-19)8-1-2-8/h3-8H,1-2H2. The Labute approximate surface area is 124 Å². The van der Waals surface area contributed by atoms with Crippen LogP contribution in [0.5, 0.6) is 0 Å². The molecule has 0 atom stereocenters. The lowest BCUT2D eigenvalue weighted by Crippen LogP contribution is -1.96. The highest BCUT2D eigenvalue weighted by atomic mass is 35.5. The van der Waals surface area contributed by atoms with Crippen LogP contribution < -0.4 is 0 Å². The monoisotopic (exact) mass is 304 g/mol. The van der Waals surface area contributed by atoms with Gasteiger partial charge in [-0.05, 0) is 36.6 Å². The van der Waals surface area contributed by atoms with E-state index < -0.39 is 11.1 Å². The molecule has 106 valence electrons. The molecule has 1 aliphatic carbocycles. The van der Waals surface area contributed by atoms with E-state index in [-0.39, 0.29) is 11.3 Å². The number of rotatable bonds is 3. The predicted molar refractivity (Wildman–Crippen MR) is 75.5 cm³/mol. The molecule has 0 unspecified atom stereocenters. The van der Waals surface area contributed by atoms with E-state index in [9.17, 15) is 9.18 Å². The first-order valence-electron chi connectivity index (χ1n) is 6.59. The number of carbonyl (C=O) groups is 1. The number of nitrogens with zero attached hydrogens (tertiary/aromatic N) is 2. The van der Waals surface area contributed by atoms with Crippen molar-refractivity contribution in [2.45, 2.75) is 18.8 Å². The minimum atomic E-state index is -0.719. The fraction of sp³-hybridized carbons (Fsp3) is 0.200. The summed E-state index contributed by atoms with van der Waals surface area (Å²) in [6.45, 7) is 0. The molecule has 1 saturated carbocycles. The molecule has 0 spiro atoms. The highest BCUT2D eigenvalue weighted by Gasteiger charge is 2.27. The van der Waals surface area contributed by atoms with Gasteiger partial charge in [-0.15, -0.1) is 0 Å². The van der Waals surface area contributed by atoms with Gasteiger partial charge in [0.15, 0.2) is 0 Å². The van der Waals surface area contributed by atoms with E-state index in [2.05, 4.69) is 4.98 Å². The quantitative estimate of drug-likeness (QED) is 0.687. The molecule has 0 radical (unpaired) electrons. The third kappa shape index (κ3) is 2.05. The molecule has 1 aliphatic rings. The van der Waals surface area contributed by atoms with Crippen molar-refractivity contribution in [3.8, 4) is 5.69 Å². The number of aromatic nitrogens is 2. The minimum absolute atomic E-state index is 0.00277. The lowest BCUT2D eigenvalue weighted by atomic mass is 10.2. The van der Waals surface area contributed by atoms with Crippen LogP contribution in [0.1, 0.15) is 35.0 Å². The average Bonchev–Trinajstić information content (AvgIpc) is 3.06. The van der Waals surface area contributed by atoms with Crippen LogP contribution in [0, 0.1) is 5.82 Å². The number of hydrogen-bond donors (Lipinski definition) is 0. The van der Waals surface area contributed by atoms with Crippen LogP contribution in [0.25, 0.3) is 16.7 Å². The van der Waals surface area contributed by atoms with Crippen LogP contribution >= 0.6 is 11.6 Å². The fourth-order valence-electron chi connectivity index (χ4n) is 2.50. The summed E-state index contributed by atoms with van der Waals surface area (Å²) in [5.74, 6) is 0.0645.